The van der Waals surface area contributed by atoms with E-state index in [2.05, 4.69) is 16.0 Å². The van der Waals surface area contributed by atoms with Crippen LogP contribution in [0.2, 0.25) is 10.0 Å². The molecule has 23 heavy (non-hydrogen) atoms. The molecule has 0 saturated heterocycles. The lowest BCUT2D eigenvalue weighted by Crippen LogP contribution is -1.88. The Bertz CT molecular complexity index is 796. The lowest BCUT2D eigenvalue weighted by molar-refractivity contribution is -0.384. The number of halogens is 2. The van der Waals surface area contributed by atoms with Gasteiger partial charge in [0, 0.05) is 22.2 Å². The second-order valence-electron chi connectivity index (χ2n) is 4.10. The monoisotopic (exact) mass is 352 g/mol. The van der Waals surface area contributed by atoms with Gasteiger partial charge in [-0.1, -0.05) is 23.2 Å². The SMILES string of the molecule is O=[N+]([O-])c1cc(Cl)ccc1N=C=Nc1ccc(Cl)cc1[N+](=O)[O-]. The van der Waals surface area contributed by atoms with E-state index in [4.69, 9.17) is 23.2 Å². The molecule has 0 aliphatic rings. The van der Waals surface area contributed by atoms with Gasteiger partial charge in [0.05, 0.1) is 9.85 Å². The van der Waals surface area contributed by atoms with Crippen LogP contribution in [0.4, 0.5) is 22.7 Å². The maximum absolute atomic E-state index is 10.9. The van der Waals surface area contributed by atoms with Crippen molar-refractivity contribution in [2.24, 2.45) is 9.98 Å². The third kappa shape index (κ3) is 4.10. The first kappa shape index (κ1) is 16.6. The Morgan fingerprint density at radius 3 is 1.57 bits per heavy atom. The summed E-state index contributed by atoms with van der Waals surface area (Å²) in [5.41, 5.74) is -0.712. The molecule has 2 aromatic rings. The minimum absolute atomic E-state index is 0.0280. The molecule has 0 unspecified atom stereocenters. The normalized spacial score (nSPS) is 9.83. The maximum Gasteiger partial charge on any atom is 0.297 e. The molecule has 0 heterocycles. The van der Waals surface area contributed by atoms with Crippen LogP contribution in [0.25, 0.3) is 0 Å². The number of nitro benzene ring substituents is 2. The molecule has 0 N–H and O–H groups in total. The zero-order valence-corrected chi connectivity index (χ0v) is 12.7. The minimum atomic E-state index is -0.656. The van der Waals surface area contributed by atoms with E-state index in [0.29, 0.717) is 0 Å². The lowest BCUT2D eigenvalue weighted by atomic mass is 10.3. The van der Waals surface area contributed by atoms with Crippen molar-refractivity contribution in [1.29, 1.82) is 0 Å². The highest BCUT2D eigenvalue weighted by atomic mass is 35.5. The number of nitrogens with zero attached hydrogens (tertiary/aromatic N) is 4. The molecule has 10 heteroatoms. The fourth-order valence-corrected chi connectivity index (χ4v) is 1.94. The van der Waals surface area contributed by atoms with E-state index < -0.39 is 9.85 Å². The quantitative estimate of drug-likeness (QED) is 0.440. The Kier molecular flexibility index (Phi) is 5.02. The highest BCUT2D eigenvalue weighted by Crippen LogP contribution is 2.31. The number of benzene rings is 2. The number of nitro groups is 2. The van der Waals surface area contributed by atoms with Crippen molar-refractivity contribution in [2.75, 3.05) is 0 Å². The fraction of sp³-hybridized carbons (Fsp3) is 0. The topological polar surface area (TPSA) is 111 Å². The summed E-state index contributed by atoms with van der Waals surface area (Å²) in [6, 6.07) is 9.94. The molecule has 0 radical (unpaired) electrons. The maximum atomic E-state index is 10.9. The second-order valence-corrected chi connectivity index (χ2v) is 4.98. The van der Waals surface area contributed by atoms with E-state index in [1.165, 1.54) is 24.3 Å². The molecular weight excluding hydrogens is 347 g/mol. The zero-order chi connectivity index (χ0) is 17.0. The molecule has 0 aliphatic carbocycles. The first-order valence-corrected chi connectivity index (χ1v) is 6.68. The van der Waals surface area contributed by atoms with Crippen LogP contribution >= 0.6 is 23.2 Å². The summed E-state index contributed by atoms with van der Waals surface area (Å²) >= 11 is 11.4. The Labute approximate surface area is 139 Å². The molecule has 0 saturated carbocycles. The van der Waals surface area contributed by atoms with Crippen molar-refractivity contribution in [2.45, 2.75) is 0 Å². The van der Waals surface area contributed by atoms with Gasteiger partial charge < -0.3 is 0 Å². The molecule has 0 atom stereocenters. The van der Waals surface area contributed by atoms with Gasteiger partial charge in [-0.15, -0.1) is 0 Å². The lowest BCUT2D eigenvalue weighted by Gasteiger charge is -1.96. The predicted molar refractivity (Wildman–Crippen MR) is 85.4 cm³/mol. The van der Waals surface area contributed by atoms with E-state index >= 15 is 0 Å². The van der Waals surface area contributed by atoms with Crippen molar-refractivity contribution < 1.29 is 9.85 Å². The van der Waals surface area contributed by atoms with Gasteiger partial charge in [-0.05, 0) is 24.3 Å². The van der Waals surface area contributed by atoms with E-state index in [1.807, 2.05) is 0 Å². The molecule has 2 aromatic carbocycles. The van der Waals surface area contributed by atoms with Crippen molar-refractivity contribution >= 4 is 52.0 Å². The largest absolute Gasteiger partial charge is 0.297 e. The molecular formula is C13H6Cl2N4O4. The molecule has 0 amide bonds. The highest BCUT2D eigenvalue weighted by molar-refractivity contribution is 6.31. The third-order valence-corrected chi connectivity index (χ3v) is 3.08. The molecule has 0 bridgehead atoms. The Morgan fingerprint density at radius 1 is 0.826 bits per heavy atom. The summed E-state index contributed by atoms with van der Waals surface area (Å²) in [5, 5.41) is 22.2. The van der Waals surface area contributed by atoms with Gasteiger partial charge in [0.25, 0.3) is 11.4 Å². The number of aliphatic imine (C=N–C) groups is 2. The molecule has 8 nitrogen and oxygen atoms in total. The van der Waals surface area contributed by atoms with Crippen LogP contribution in [0.1, 0.15) is 0 Å². The average Bonchev–Trinajstić information content (AvgIpc) is 2.49. The van der Waals surface area contributed by atoms with Gasteiger partial charge in [0.1, 0.15) is 6.01 Å². The van der Waals surface area contributed by atoms with Crippen LogP contribution in [0.15, 0.2) is 46.4 Å². The van der Waals surface area contributed by atoms with E-state index in [9.17, 15) is 20.2 Å². The van der Waals surface area contributed by atoms with E-state index in [-0.39, 0.29) is 32.8 Å². The summed E-state index contributed by atoms with van der Waals surface area (Å²) < 4.78 is 0. The number of hydrogen-bond donors (Lipinski definition) is 0. The van der Waals surface area contributed by atoms with Crippen LogP contribution in [-0.2, 0) is 0 Å². The first-order chi connectivity index (χ1) is 10.9. The van der Waals surface area contributed by atoms with Gasteiger partial charge in [-0.2, -0.15) is 9.98 Å². The fourth-order valence-electron chi connectivity index (χ4n) is 1.61. The van der Waals surface area contributed by atoms with Crippen LogP contribution in [-0.4, -0.2) is 15.9 Å². The average molecular weight is 353 g/mol. The van der Waals surface area contributed by atoms with Crippen molar-refractivity contribution in [1.82, 2.24) is 0 Å². The number of hydrogen-bond acceptors (Lipinski definition) is 6. The van der Waals surface area contributed by atoms with Crippen molar-refractivity contribution in [3.8, 4) is 0 Å². The molecule has 116 valence electrons. The van der Waals surface area contributed by atoms with Crippen molar-refractivity contribution in [3.05, 3.63) is 66.7 Å². The third-order valence-electron chi connectivity index (χ3n) is 2.61. The standard InChI is InChI=1S/C13H6Cl2N4O4/c14-8-1-3-10(12(5-8)18(20)21)16-7-17-11-4-2-9(15)6-13(11)19(22)23/h1-6H. The summed E-state index contributed by atoms with van der Waals surface area (Å²) in [7, 11) is 0. The summed E-state index contributed by atoms with van der Waals surface area (Å²) in [6.07, 6.45) is 0. The summed E-state index contributed by atoms with van der Waals surface area (Å²) in [6.45, 7) is 0. The second kappa shape index (κ2) is 6.97. The Morgan fingerprint density at radius 2 is 1.22 bits per heavy atom. The molecule has 0 spiro atoms. The van der Waals surface area contributed by atoms with Gasteiger partial charge in [-0.3, -0.25) is 20.2 Å². The van der Waals surface area contributed by atoms with Gasteiger partial charge >= 0.3 is 0 Å². The Hall–Kier alpha value is -2.80. The van der Waals surface area contributed by atoms with Crippen molar-refractivity contribution in [3.63, 3.8) is 0 Å². The van der Waals surface area contributed by atoms with E-state index in [1.54, 1.807) is 0 Å². The van der Waals surface area contributed by atoms with Crippen LogP contribution < -0.4 is 0 Å². The predicted octanol–water partition coefficient (Wildman–Crippen LogP) is 4.95. The Balaban J connectivity index is 2.44. The van der Waals surface area contributed by atoms with E-state index in [0.717, 1.165) is 12.1 Å². The minimum Gasteiger partial charge on any atom is -0.258 e. The molecule has 0 fully saturated rings. The highest BCUT2D eigenvalue weighted by Gasteiger charge is 2.14. The summed E-state index contributed by atoms with van der Waals surface area (Å²) in [5.74, 6) is 0. The zero-order valence-electron chi connectivity index (χ0n) is 11.1. The molecule has 0 aromatic heterocycles. The first-order valence-electron chi connectivity index (χ1n) is 5.93. The smallest absolute Gasteiger partial charge is 0.258 e. The van der Waals surface area contributed by atoms with Gasteiger partial charge in [-0.25, -0.2) is 0 Å². The molecule has 2 rings (SSSR count). The van der Waals surface area contributed by atoms with Crippen LogP contribution in [0.5, 0.6) is 0 Å². The number of rotatable bonds is 4. The van der Waals surface area contributed by atoms with Gasteiger partial charge in [0.15, 0.2) is 11.4 Å². The van der Waals surface area contributed by atoms with Crippen LogP contribution in [0.3, 0.4) is 0 Å². The van der Waals surface area contributed by atoms with Crippen LogP contribution in [0, 0.1) is 20.2 Å². The summed E-state index contributed by atoms with van der Waals surface area (Å²) in [4.78, 5) is 27.9. The molecule has 0 aliphatic heterocycles. The van der Waals surface area contributed by atoms with Gasteiger partial charge in [0.2, 0.25) is 0 Å².